The molecule has 0 bridgehead atoms. The summed E-state index contributed by atoms with van der Waals surface area (Å²) in [7, 11) is 1.91. The predicted molar refractivity (Wildman–Crippen MR) is 147 cm³/mol. The van der Waals surface area contributed by atoms with E-state index in [0.717, 1.165) is 32.3 Å². The van der Waals surface area contributed by atoms with Crippen LogP contribution in [0.25, 0.3) is 42.9 Å². The largest absolute Gasteiger partial charge is 0.678 e. The van der Waals surface area contributed by atoms with Gasteiger partial charge in [-0.3, -0.25) is 8.63 Å². The molecular weight excluding hydrogens is 493 g/mol. The zero-order chi connectivity index (χ0) is 26.1. The van der Waals surface area contributed by atoms with Crippen LogP contribution in [0, 0.1) is 5.41 Å². The summed E-state index contributed by atoms with van der Waals surface area (Å²) in [5, 5.41) is 8.08. The van der Waals surface area contributed by atoms with Crippen LogP contribution in [0.3, 0.4) is 0 Å². The van der Waals surface area contributed by atoms with Gasteiger partial charge in [-0.05, 0) is 65.2 Å². The molecule has 186 valence electrons. The van der Waals surface area contributed by atoms with Crippen molar-refractivity contribution in [1.29, 1.82) is 5.41 Å². The van der Waals surface area contributed by atoms with E-state index in [1.807, 2.05) is 60.7 Å². The lowest BCUT2D eigenvalue weighted by molar-refractivity contribution is 0.414. The number of methoxy groups -OCH3 is 3. The molecule has 5 aromatic rings. The predicted octanol–water partition coefficient (Wildman–Crippen LogP) is 7.50. The van der Waals surface area contributed by atoms with Gasteiger partial charge >= 0.3 is 7.40 Å². The molecule has 0 fully saturated rings. The van der Waals surface area contributed by atoms with Gasteiger partial charge in [0.2, 0.25) is 0 Å². The number of thiophene rings is 1. The fourth-order valence-electron chi connectivity index (χ4n) is 4.53. The molecule has 0 spiro atoms. The van der Waals surface area contributed by atoms with E-state index in [2.05, 4.69) is 0 Å². The Morgan fingerprint density at radius 3 is 1.54 bits per heavy atom. The minimum absolute atomic E-state index is 0.150. The van der Waals surface area contributed by atoms with E-state index in [9.17, 15) is 8.63 Å². The molecule has 0 aliphatic heterocycles. The van der Waals surface area contributed by atoms with E-state index in [4.69, 9.17) is 19.6 Å². The summed E-state index contributed by atoms with van der Waals surface area (Å²) in [6.07, 6.45) is 1.00. The number of hydrogen-bond acceptors (Lipinski definition) is 5. The lowest BCUT2D eigenvalue weighted by atomic mass is 10.00. The fraction of sp³-hybridized carbons (Fsp3) is 0.107. The Labute approximate surface area is 217 Å². The maximum absolute atomic E-state index is 14.7. The van der Waals surface area contributed by atoms with E-state index < -0.39 is 7.40 Å². The van der Waals surface area contributed by atoms with Gasteiger partial charge in [0.15, 0.2) is 0 Å². The number of rotatable bonds is 8. The Balaban J connectivity index is 1.88. The van der Waals surface area contributed by atoms with Crippen molar-refractivity contribution >= 4 is 35.2 Å². The molecule has 2 aromatic heterocycles. The second-order valence-corrected chi connectivity index (χ2v) is 9.24. The lowest BCUT2D eigenvalue weighted by Gasteiger charge is -2.11. The third-order valence-electron chi connectivity index (χ3n) is 6.31. The molecular formula is C28H23BF2N2O3S. The SMILES string of the molecule is COc1ccc(-c2sc3c(-c4ccc(OC)cc4)c(C=N)n(B(F)F)c3c2-c2ccc(OC)cc2)cc1. The number of nitrogens with one attached hydrogen (secondary N) is 1. The Hall–Kier alpha value is -4.11. The van der Waals surface area contributed by atoms with Crippen LogP contribution in [0.4, 0.5) is 8.63 Å². The monoisotopic (exact) mass is 516 g/mol. The van der Waals surface area contributed by atoms with Crippen LogP contribution in [-0.2, 0) is 0 Å². The standard InChI is InChI=1S/C28H23BF2N2O3S/c1-34-20-10-4-17(5-11-20)24-23(16-32)33(29(30)31)26-25(18-6-12-21(35-2)13-7-18)27(37-28(24)26)19-8-14-22(36-3)15-9-19/h4-16,32H,1-3H3. The van der Waals surface area contributed by atoms with Crippen LogP contribution in [0.1, 0.15) is 5.69 Å². The average Bonchev–Trinajstić information content (AvgIpc) is 3.47. The molecule has 0 saturated carbocycles. The third kappa shape index (κ3) is 4.25. The number of fused-ring (bicyclic) bond motifs is 1. The number of nitrogens with zero attached hydrogens (tertiary/aromatic N) is 1. The minimum Gasteiger partial charge on any atom is -0.497 e. The number of halogens is 2. The van der Waals surface area contributed by atoms with Crippen LogP contribution in [0.2, 0.25) is 0 Å². The molecule has 5 nitrogen and oxygen atoms in total. The first-order chi connectivity index (χ1) is 18.0. The van der Waals surface area contributed by atoms with E-state index in [-0.39, 0.29) is 5.69 Å². The van der Waals surface area contributed by atoms with Gasteiger partial charge in [0.05, 0.1) is 37.2 Å². The van der Waals surface area contributed by atoms with Gasteiger partial charge in [-0.15, -0.1) is 11.3 Å². The number of benzene rings is 3. The lowest BCUT2D eigenvalue weighted by Crippen LogP contribution is -2.16. The number of aromatic nitrogens is 1. The molecule has 0 aliphatic carbocycles. The highest BCUT2D eigenvalue weighted by molar-refractivity contribution is 7.23. The van der Waals surface area contributed by atoms with Crippen LogP contribution >= 0.6 is 11.3 Å². The number of hydrogen-bond donors (Lipinski definition) is 1. The topological polar surface area (TPSA) is 56.5 Å². The van der Waals surface area contributed by atoms with Crippen molar-refractivity contribution in [3.8, 4) is 49.9 Å². The van der Waals surface area contributed by atoms with Crippen molar-refractivity contribution in [3.05, 3.63) is 78.5 Å². The highest BCUT2D eigenvalue weighted by atomic mass is 32.1. The van der Waals surface area contributed by atoms with Crippen molar-refractivity contribution in [2.45, 2.75) is 0 Å². The van der Waals surface area contributed by atoms with Crippen LogP contribution in [0.15, 0.2) is 72.8 Å². The zero-order valence-electron chi connectivity index (χ0n) is 20.4. The van der Waals surface area contributed by atoms with Crippen molar-refractivity contribution in [2.24, 2.45) is 0 Å². The van der Waals surface area contributed by atoms with Crippen molar-refractivity contribution < 1.29 is 22.8 Å². The van der Waals surface area contributed by atoms with Crippen molar-refractivity contribution in [1.82, 2.24) is 4.48 Å². The first-order valence-electron chi connectivity index (χ1n) is 11.4. The first-order valence-corrected chi connectivity index (χ1v) is 12.2. The van der Waals surface area contributed by atoms with E-state index in [1.54, 1.807) is 33.5 Å². The molecule has 3 aromatic carbocycles. The molecule has 0 aliphatic rings. The van der Waals surface area contributed by atoms with E-state index >= 15 is 0 Å². The Morgan fingerprint density at radius 1 is 0.703 bits per heavy atom. The molecule has 1 N–H and O–H groups in total. The highest BCUT2D eigenvalue weighted by Crippen LogP contribution is 2.50. The van der Waals surface area contributed by atoms with Gasteiger partial charge in [-0.1, -0.05) is 24.3 Å². The molecule has 37 heavy (non-hydrogen) atoms. The summed E-state index contributed by atoms with van der Waals surface area (Å²) < 4.78 is 47.0. The smallest absolute Gasteiger partial charge is 0.497 e. The van der Waals surface area contributed by atoms with Crippen molar-refractivity contribution in [3.63, 3.8) is 0 Å². The van der Waals surface area contributed by atoms with E-state index in [0.29, 0.717) is 38.6 Å². The Morgan fingerprint density at radius 2 is 1.14 bits per heavy atom. The summed E-state index contributed by atoms with van der Waals surface area (Å²) in [5.41, 5.74) is 4.19. The molecule has 9 heteroatoms. The van der Waals surface area contributed by atoms with Crippen LogP contribution in [0.5, 0.6) is 17.2 Å². The maximum Gasteiger partial charge on any atom is 0.678 e. The first kappa shape index (κ1) is 24.6. The summed E-state index contributed by atoms with van der Waals surface area (Å²) in [6.45, 7) is 0. The molecule has 0 atom stereocenters. The van der Waals surface area contributed by atoms with Gasteiger partial charge in [-0.25, -0.2) is 0 Å². The quantitative estimate of drug-likeness (QED) is 0.172. The average molecular weight is 516 g/mol. The maximum atomic E-state index is 14.7. The zero-order valence-corrected chi connectivity index (χ0v) is 21.2. The summed E-state index contributed by atoms with van der Waals surface area (Å²) in [5.74, 6) is 2.04. The van der Waals surface area contributed by atoms with Gasteiger partial charge in [0.1, 0.15) is 17.2 Å². The van der Waals surface area contributed by atoms with Crippen LogP contribution in [-0.4, -0.2) is 39.4 Å². The Bertz CT molecular complexity index is 1560. The molecule has 0 saturated heterocycles. The molecule has 5 rings (SSSR count). The van der Waals surface area contributed by atoms with Gasteiger partial charge in [0, 0.05) is 22.2 Å². The highest BCUT2D eigenvalue weighted by Gasteiger charge is 2.32. The van der Waals surface area contributed by atoms with E-state index in [1.165, 1.54) is 11.3 Å². The fourth-order valence-corrected chi connectivity index (χ4v) is 5.93. The molecule has 2 heterocycles. The normalized spacial score (nSPS) is 10.9. The summed E-state index contributed by atoms with van der Waals surface area (Å²) in [6, 6.07) is 22.2. The van der Waals surface area contributed by atoms with Gasteiger partial charge in [0.25, 0.3) is 0 Å². The second kappa shape index (κ2) is 10.1. The van der Waals surface area contributed by atoms with Crippen molar-refractivity contribution in [2.75, 3.05) is 21.3 Å². The Kier molecular flexibility index (Phi) is 6.71. The second-order valence-electron chi connectivity index (χ2n) is 8.22. The molecule has 0 unspecified atom stereocenters. The van der Waals surface area contributed by atoms with Gasteiger partial charge in [-0.2, -0.15) is 0 Å². The van der Waals surface area contributed by atoms with Crippen LogP contribution < -0.4 is 14.2 Å². The minimum atomic E-state index is -2.85. The summed E-state index contributed by atoms with van der Waals surface area (Å²) in [4.78, 5) is 0.846. The third-order valence-corrected chi connectivity index (χ3v) is 7.55. The van der Waals surface area contributed by atoms with Gasteiger partial charge < -0.3 is 24.1 Å². The molecule has 0 amide bonds. The number of ether oxygens (including phenoxy) is 3. The summed E-state index contributed by atoms with van der Waals surface area (Å²) >= 11 is 1.43. The molecule has 0 radical (unpaired) electrons.